The van der Waals surface area contributed by atoms with Gasteiger partial charge < -0.3 is 5.11 Å². The lowest BCUT2D eigenvalue weighted by Gasteiger charge is -2.55. The van der Waals surface area contributed by atoms with E-state index in [1.807, 2.05) is 6.07 Å². The van der Waals surface area contributed by atoms with Crippen LogP contribution in [0.5, 0.6) is 5.75 Å². The molecule has 1 unspecified atom stereocenters. The Balaban J connectivity index is 2.16. The van der Waals surface area contributed by atoms with Gasteiger partial charge in [-0.05, 0) is 36.6 Å². The average molecular weight is 232 g/mol. The molecule has 1 aromatic rings. The van der Waals surface area contributed by atoms with Gasteiger partial charge >= 0.3 is 0 Å². The van der Waals surface area contributed by atoms with Crippen LogP contribution in [0.4, 0.5) is 0 Å². The van der Waals surface area contributed by atoms with Crippen LogP contribution in [-0.2, 0) is 12.0 Å². The molecule has 3 rings (SSSR count). The number of hydrazine groups is 1. The molecule has 0 amide bonds. The molecular formula is C14H20N2O. The van der Waals surface area contributed by atoms with Gasteiger partial charge in [-0.3, -0.25) is 0 Å². The maximum atomic E-state index is 9.71. The zero-order chi connectivity index (χ0) is 12.2. The Bertz CT molecular complexity index is 460. The van der Waals surface area contributed by atoms with Crippen LogP contribution in [0.3, 0.4) is 0 Å². The summed E-state index contributed by atoms with van der Waals surface area (Å²) in [4.78, 5) is 0. The van der Waals surface area contributed by atoms with Gasteiger partial charge in [-0.15, -0.1) is 0 Å². The van der Waals surface area contributed by atoms with Crippen molar-refractivity contribution in [3.63, 3.8) is 0 Å². The fourth-order valence-electron chi connectivity index (χ4n) is 3.38. The predicted octanol–water partition coefficient (Wildman–Crippen LogP) is 2.10. The van der Waals surface area contributed by atoms with E-state index in [1.165, 1.54) is 11.1 Å². The molecule has 2 heterocycles. The highest BCUT2D eigenvalue weighted by Crippen LogP contribution is 2.45. The van der Waals surface area contributed by atoms with E-state index in [0.29, 0.717) is 11.8 Å². The van der Waals surface area contributed by atoms with Crippen LogP contribution < -0.4 is 0 Å². The van der Waals surface area contributed by atoms with Crippen LogP contribution in [0.25, 0.3) is 0 Å². The van der Waals surface area contributed by atoms with Crippen LogP contribution in [-0.4, -0.2) is 34.8 Å². The zero-order valence-electron chi connectivity index (χ0n) is 10.8. The van der Waals surface area contributed by atoms with Gasteiger partial charge in [0.25, 0.3) is 0 Å². The number of rotatable bonds is 0. The van der Waals surface area contributed by atoms with Crippen LogP contribution in [0.2, 0.25) is 0 Å². The first-order valence-corrected chi connectivity index (χ1v) is 6.32. The molecule has 1 N–H and O–H groups in total. The minimum absolute atomic E-state index is 0.166. The second-order valence-electron chi connectivity index (χ2n) is 5.66. The monoisotopic (exact) mass is 232 g/mol. The van der Waals surface area contributed by atoms with Crippen molar-refractivity contribution in [1.29, 1.82) is 0 Å². The standard InChI is InChI=1S/C14H20N2O/c1-10-14(2)6-7-15(3)16(10)9-11-4-5-12(17)8-13(11)14/h4-5,8,10,17H,6-7,9H2,1-3H3/t10-,14-/m0/s1. The Hall–Kier alpha value is -1.06. The van der Waals surface area contributed by atoms with E-state index in [4.69, 9.17) is 0 Å². The Morgan fingerprint density at radius 3 is 2.94 bits per heavy atom. The van der Waals surface area contributed by atoms with E-state index in [1.54, 1.807) is 6.07 Å². The number of nitrogens with zero attached hydrogens (tertiary/aromatic N) is 2. The Labute approximate surface area is 103 Å². The number of hydrogen-bond donors (Lipinski definition) is 1. The van der Waals surface area contributed by atoms with Crippen molar-refractivity contribution in [3.05, 3.63) is 29.3 Å². The number of benzene rings is 1. The third-order valence-corrected chi connectivity index (χ3v) is 4.80. The molecule has 1 aromatic carbocycles. The predicted molar refractivity (Wildman–Crippen MR) is 67.7 cm³/mol. The summed E-state index contributed by atoms with van der Waals surface area (Å²) in [5.41, 5.74) is 2.86. The van der Waals surface area contributed by atoms with E-state index in [2.05, 4.69) is 37.0 Å². The van der Waals surface area contributed by atoms with E-state index < -0.39 is 0 Å². The van der Waals surface area contributed by atoms with Gasteiger partial charge in [0, 0.05) is 31.6 Å². The van der Waals surface area contributed by atoms with Gasteiger partial charge in [0.1, 0.15) is 5.75 Å². The van der Waals surface area contributed by atoms with E-state index in [0.717, 1.165) is 19.5 Å². The molecule has 0 aliphatic carbocycles. The van der Waals surface area contributed by atoms with Gasteiger partial charge in [-0.1, -0.05) is 13.0 Å². The van der Waals surface area contributed by atoms with Crippen LogP contribution >= 0.6 is 0 Å². The fourth-order valence-corrected chi connectivity index (χ4v) is 3.38. The Morgan fingerprint density at radius 1 is 1.41 bits per heavy atom. The summed E-state index contributed by atoms with van der Waals surface area (Å²) < 4.78 is 0. The molecule has 3 nitrogen and oxygen atoms in total. The molecule has 2 bridgehead atoms. The SMILES string of the molecule is C[C@@H]1N2Cc3ccc(O)cc3[C@@]1(C)CCN2C. The second-order valence-corrected chi connectivity index (χ2v) is 5.66. The lowest BCUT2D eigenvalue weighted by Crippen LogP contribution is -2.61. The van der Waals surface area contributed by atoms with Crippen molar-refractivity contribution in [2.75, 3.05) is 13.6 Å². The van der Waals surface area contributed by atoms with Crippen molar-refractivity contribution < 1.29 is 5.11 Å². The van der Waals surface area contributed by atoms with Crippen molar-refractivity contribution in [1.82, 2.24) is 10.0 Å². The van der Waals surface area contributed by atoms with Crippen molar-refractivity contribution in [2.45, 2.75) is 38.3 Å². The van der Waals surface area contributed by atoms with Crippen LogP contribution in [0, 0.1) is 0 Å². The third-order valence-electron chi connectivity index (χ3n) is 4.80. The number of aromatic hydroxyl groups is 1. The van der Waals surface area contributed by atoms with E-state index in [-0.39, 0.29) is 5.41 Å². The summed E-state index contributed by atoms with van der Waals surface area (Å²) in [5, 5.41) is 14.5. The van der Waals surface area contributed by atoms with Crippen LogP contribution in [0.1, 0.15) is 31.4 Å². The first-order chi connectivity index (χ1) is 8.02. The summed E-state index contributed by atoms with van der Waals surface area (Å²) in [6, 6.07) is 6.33. The smallest absolute Gasteiger partial charge is 0.115 e. The molecule has 3 heteroatoms. The van der Waals surface area contributed by atoms with Gasteiger partial charge in [0.05, 0.1) is 0 Å². The molecule has 0 radical (unpaired) electrons. The van der Waals surface area contributed by atoms with Crippen LogP contribution in [0.15, 0.2) is 18.2 Å². The minimum Gasteiger partial charge on any atom is -0.508 e. The van der Waals surface area contributed by atoms with Crippen molar-refractivity contribution >= 4 is 0 Å². The van der Waals surface area contributed by atoms with Gasteiger partial charge in [-0.25, -0.2) is 10.0 Å². The summed E-state index contributed by atoms with van der Waals surface area (Å²) in [7, 11) is 2.17. The van der Waals surface area contributed by atoms with Gasteiger partial charge in [0.15, 0.2) is 0 Å². The summed E-state index contributed by atoms with van der Waals surface area (Å²) in [5.74, 6) is 0.393. The molecule has 0 saturated carbocycles. The van der Waals surface area contributed by atoms with Crippen molar-refractivity contribution in [3.8, 4) is 5.75 Å². The highest BCUT2D eigenvalue weighted by atomic mass is 16.3. The molecule has 92 valence electrons. The van der Waals surface area contributed by atoms with E-state index >= 15 is 0 Å². The molecule has 17 heavy (non-hydrogen) atoms. The minimum atomic E-state index is 0.166. The highest BCUT2D eigenvalue weighted by Gasteiger charge is 2.46. The number of phenolic OH excluding ortho intramolecular Hbond substituents is 1. The van der Waals surface area contributed by atoms with Gasteiger partial charge in [-0.2, -0.15) is 0 Å². The third kappa shape index (κ3) is 1.42. The maximum Gasteiger partial charge on any atom is 0.115 e. The number of fused-ring (bicyclic) bond motifs is 4. The molecule has 0 spiro atoms. The first kappa shape index (κ1) is 11.1. The normalized spacial score (nSPS) is 36.6. The maximum absolute atomic E-state index is 9.71. The zero-order valence-corrected chi connectivity index (χ0v) is 10.8. The molecular weight excluding hydrogens is 212 g/mol. The lowest BCUT2D eigenvalue weighted by atomic mass is 9.68. The number of phenols is 1. The quantitative estimate of drug-likeness (QED) is 0.742. The van der Waals surface area contributed by atoms with E-state index in [9.17, 15) is 5.11 Å². The molecule has 2 aliphatic heterocycles. The largest absolute Gasteiger partial charge is 0.508 e. The Morgan fingerprint density at radius 2 is 2.18 bits per heavy atom. The average Bonchev–Trinajstić information content (AvgIpc) is 2.30. The Kier molecular flexibility index (Phi) is 2.25. The lowest BCUT2D eigenvalue weighted by molar-refractivity contribution is -0.115. The number of hydrogen-bond acceptors (Lipinski definition) is 3. The molecule has 1 saturated heterocycles. The summed E-state index contributed by atoms with van der Waals surface area (Å²) >= 11 is 0. The van der Waals surface area contributed by atoms with Gasteiger partial charge in [0.2, 0.25) is 0 Å². The second kappa shape index (κ2) is 3.47. The molecule has 2 aliphatic rings. The highest BCUT2D eigenvalue weighted by molar-refractivity contribution is 5.43. The summed E-state index contributed by atoms with van der Waals surface area (Å²) in [6.07, 6.45) is 1.15. The fraction of sp³-hybridized carbons (Fsp3) is 0.571. The van der Waals surface area contributed by atoms with Crippen molar-refractivity contribution in [2.24, 2.45) is 0 Å². The molecule has 3 atom stereocenters. The topological polar surface area (TPSA) is 26.7 Å². The molecule has 1 fully saturated rings. The molecule has 0 aromatic heterocycles. The first-order valence-electron chi connectivity index (χ1n) is 6.32. The summed E-state index contributed by atoms with van der Waals surface area (Å²) in [6.45, 7) is 6.68.